The predicted molar refractivity (Wildman–Crippen MR) is 103 cm³/mol. The second-order valence-electron chi connectivity index (χ2n) is 5.91. The van der Waals surface area contributed by atoms with E-state index in [1.807, 2.05) is 55.5 Å². The van der Waals surface area contributed by atoms with Crippen molar-refractivity contribution in [3.8, 4) is 17.2 Å². The first-order chi connectivity index (χ1) is 13.3. The van der Waals surface area contributed by atoms with Gasteiger partial charge in [-0.1, -0.05) is 6.07 Å². The van der Waals surface area contributed by atoms with Crippen LogP contribution in [-0.4, -0.2) is 23.4 Å². The molecule has 0 aliphatic carbocycles. The van der Waals surface area contributed by atoms with Crippen molar-refractivity contribution in [1.82, 2.24) is 9.97 Å². The number of hydrogen-bond donors (Lipinski definition) is 2. The van der Waals surface area contributed by atoms with E-state index in [0.29, 0.717) is 19.0 Å². The fourth-order valence-corrected chi connectivity index (χ4v) is 2.71. The maximum absolute atomic E-state index is 5.45. The number of anilines is 3. The molecule has 0 radical (unpaired) electrons. The molecule has 0 spiro atoms. The van der Waals surface area contributed by atoms with E-state index in [0.717, 1.165) is 34.3 Å². The Bertz CT molecular complexity index is 915. The zero-order valence-corrected chi connectivity index (χ0v) is 14.9. The average Bonchev–Trinajstić information content (AvgIpc) is 3.16. The van der Waals surface area contributed by atoms with E-state index >= 15 is 0 Å². The highest BCUT2D eigenvalue weighted by atomic mass is 16.7. The molecule has 138 valence electrons. The molecule has 0 atom stereocenters. The number of nitrogens with zero attached hydrogens (tertiary/aromatic N) is 2. The molecule has 0 saturated carbocycles. The van der Waals surface area contributed by atoms with Gasteiger partial charge < -0.3 is 24.8 Å². The van der Waals surface area contributed by atoms with Crippen molar-refractivity contribution in [1.29, 1.82) is 0 Å². The smallest absolute Gasteiger partial charge is 0.231 e. The molecule has 2 N–H and O–H groups in total. The lowest BCUT2D eigenvalue weighted by molar-refractivity contribution is 0.174. The van der Waals surface area contributed by atoms with E-state index in [2.05, 4.69) is 20.6 Å². The van der Waals surface area contributed by atoms with E-state index in [4.69, 9.17) is 14.2 Å². The van der Waals surface area contributed by atoms with Gasteiger partial charge in [-0.05, 0) is 48.9 Å². The first-order valence-electron chi connectivity index (χ1n) is 8.74. The summed E-state index contributed by atoms with van der Waals surface area (Å²) in [5.41, 5.74) is 2.01. The Kier molecular flexibility index (Phi) is 4.91. The molecular formula is C20H20N4O3. The quantitative estimate of drug-likeness (QED) is 0.657. The Labute approximate surface area is 157 Å². The minimum absolute atomic E-state index is 0.276. The largest absolute Gasteiger partial charge is 0.494 e. The van der Waals surface area contributed by atoms with Crippen LogP contribution in [0.3, 0.4) is 0 Å². The first-order valence-corrected chi connectivity index (χ1v) is 8.74. The molecule has 7 heteroatoms. The Balaban J connectivity index is 1.38. The number of ether oxygens (including phenoxy) is 3. The number of nitrogens with one attached hydrogen (secondary N) is 2. The van der Waals surface area contributed by atoms with Crippen LogP contribution < -0.4 is 24.8 Å². The molecular weight excluding hydrogens is 344 g/mol. The summed E-state index contributed by atoms with van der Waals surface area (Å²) >= 11 is 0. The highest BCUT2D eigenvalue weighted by Gasteiger charge is 2.13. The predicted octanol–water partition coefficient (Wildman–Crippen LogP) is 3.96. The van der Waals surface area contributed by atoms with Gasteiger partial charge in [-0.2, -0.15) is 0 Å². The zero-order chi connectivity index (χ0) is 18.5. The highest BCUT2D eigenvalue weighted by molar-refractivity contribution is 5.59. The van der Waals surface area contributed by atoms with Crippen LogP contribution in [0, 0.1) is 0 Å². The molecule has 1 aliphatic rings. The molecule has 0 amide bonds. The van der Waals surface area contributed by atoms with Gasteiger partial charge in [0, 0.05) is 18.3 Å². The molecule has 0 saturated heterocycles. The van der Waals surface area contributed by atoms with E-state index in [9.17, 15) is 0 Å². The summed E-state index contributed by atoms with van der Waals surface area (Å²) in [6.45, 7) is 3.51. The van der Waals surface area contributed by atoms with Gasteiger partial charge >= 0.3 is 0 Å². The summed E-state index contributed by atoms with van der Waals surface area (Å²) in [7, 11) is 0. The molecule has 2 heterocycles. The van der Waals surface area contributed by atoms with Gasteiger partial charge in [0.05, 0.1) is 6.61 Å². The van der Waals surface area contributed by atoms with E-state index in [1.165, 1.54) is 6.33 Å². The van der Waals surface area contributed by atoms with Gasteiger partial charge in [-0.25, -0.2) is 9.97 Å². The minimum atomic E-state index is 0.276. The third-order valence-electron chi connectivity index (χ3n) is 4.02. The van der Waals surface area contributed by atoms with Gasteiger partial charge in [-0.3, -0.25) is 0 Å². The molecule has 2 aromatic carbocycles. The monoisotopic (exact) mass is 364 g/mol. The van der Waals surface area contributed by atoms with Crippen LogP contribution in [0.5, 0.6) is 17.2 Å². The van der Waals surface area contributed by atoms with Crippen molar-refractivity contribution in [2.75, 3.05) is 24.0 Å². The Hall–Kier alpha value is -3.48. The van der Waals surface area contributed by atoms with Crippen molar-refractivity contribution in [2.45, 2.75) is 13.5 Å². The number of rotatable bonds is 7. The van der Waals surface area contributed by atoms with E-state index in [1.54, 1.807) is 0 Å². The second kappa shape index (κ2) is 7.82. The summed E-state index contributed by atoms with van der Waals surface area (Å²) in [6.07, 6.45) is 1.53. The number of hydrogen-bond acceptors (Lipinski definition) is 7. The van der Waals surface area contributed by atoms with Crippen molar-refractivity contribution in [3.63, 3.8) is 0 Å². The SMILES string of the molecule is CCOc1ccc(Nc2cc(NCc3ccc4c(c3)OCO4)ncn2)cc1. The lowest BCUT2D eigenvalue weighted by Gasteiger charge is -2.10. The maximum atomic E-state index is 5.45. The van der Waals surface area contributed by atoms with Crippen molar-refractivity contribution < 1.29 is 14.2 Å². The topological polar surface area (TPSA) is 77.5 Å². The van der Waals surface area contributed by atoms with Crippen LogP contribution in [0.1, 0.15) is 12.5 Å². The van der Waals surface area contributed by atoms with Crippen molar-refractivity contribution in [3.05, 3.63) is 60.4 Å². The van der Waals surface area contributed by atoms with Gasteiger partial charge in [-0.15, -0.1) is 0 Å². The number of fused-ring (bicyclic) bond motifs is 1. The zero-order valence-electron chi connectivity index (χ0n) is 14.9. The van der Waals surface area contributed by atoms with Gasteiger partial charge in [0.1, 0.15) is 23.7 Å². The second-order valence-corrected chi connectivity index (χ2v) is 5.91. The lowest BCUT2D eigenvalue weighted by atomic mass is 10.2. The van der Waals surface area contributed by atoms with Crippen LogP contribution in [0.25, 0.3) is 0 Å². The summed E-state index contributed by atoms with van der Waals surface area (Å²) in [5.74, 6) is 3.84. The van der Waals surface area contributed by atoms with E-state index in [-0.39, 0.29) is 6.79 Å². The minimum Gasteiger partial charge on any atom is -0.494 e. The standard InChI is InChI=1S/C20H20N4O3/c1-2-25-16-6-4-15(5-7-16)24-20-10-19(22-12-23-20)21-11-14-3-8-17-18(9-14)27-13-26-17/h3-10,12H,2,11,13H2,1H3,(H2,21,22,23,24). The molecule has 0 unspecified atom stereocenters. The first kappa shape index (κ1) is 17.0. The maximum Gasteiger partial charge on any atom is 0.231 e. The van der Waals surface area contributed by atoms with E-state index < -0.39 is 0 Å². The summed E-state index contributed by atoms with van der Waals surface area (Å²) in [6, 6.07) is 15.5. The molecule has 4 rings (SSSR count). The lowest BCUT2D eigenvalue weighted by Crippen LogP contribution is -2.03. The Morgan fingerprint density at radius 2 is 1.78 bits per heavy atom. The van der Waals surface area contributed by atoms with Crippen LogP contribution in [0.15, 0.2) is 54.9 Å². The number of benzene rings is 2. The summed E-state index contributed by atoms with van der Waals surface area (Å²) in [4.78, 5) is 8.53. The Morgan fingerprint density at radius 1 is 0.963 bits per heavy atom. The van der Waals surface area contributed by atoms with Crippen molar-refractivity contribution >= 4 is 17.3 Å². The third kappa shape index (κ3) is 4.20. The fourth-order valence-electron chi connectivity index (χ4n) is 2.71. The molecule has 3 aromatic rings. The van der Waals surface area contributed by atoms with Crippen LogP contribution in [0.2, 0.25) is 0 Å². The van der Waals surface area contributed by atoms with Crippen molar-refractivity contribution in [2.24, 2.45) is 0 Å². The van der Waals surface area contributed by atoms with Gasteiger partial charge in [0.2, 0.25) is 6.79 Å². The summed E-state index contributed by atoms with van der Waals surface area (Å²) in [5, 5.41) is 6.56. The van der Waals surface area contributed by atoms with Crippen LogP contribution in [-0.2, 0) is 6.54 Å². The summed E-state index contributed by atoms with van der Waals surface area (Å²) < 4.78 is 16.2. The number of aromatic nitrogens is 2. The van der Waals surface area contributed by atoms with Gasteiger partial charge in [0.15, 0.2) is 11.5 Å². The molecule has 7 nitrogen and oxygen atoms in total. The Morgan fingerprint density at radius 3 is 2.63 bits per heavy atom. The normalized spacial score (nSPS) is 11.9. The van der Waals surface area contributed by atoms with Crippen LogP contribution in [0.4, 0.5) is 17.3 Å². The molecule has 0 fully saturated rings. The van der Waals surface area contributed by atoms with Gasteiger partial charge in [0.25, 0.3) is 0 Å². The highest BCUT2D eigenvalue weighted by Crippen LogP contribution is 2.32. The molecule has 1 aromatic heterocycles. The molecule has 1 aliphatic heterocycles. The fraction of sp³-hybridized carbons (Fsp3) is 0.200. The third-order valence-corrected chi connectivity index (χ3v) is 4.02. The molecule has 27 heavy (non-hydrogen) atoms. The van der Waals surface area contributed by atoms with Crippen LogP contribution >= 0.6 is 0 Å². The molecule has 0 bridgehead atoms. The average molecular weight is 364 g/mol.